The van der Waals surface area contributed by atoms with Crippen molar-refractivity contribution >= 4 is 15.6 Å². The molecule has 0 bridgehead atoms. The molecule has 8 nitrogen and oxygen atoms in total. The van der Waals surface area contributed by atoms with Crippen LogP contribution >= 0.6 is 15.6 Å². The molecular weight excluding hydrogens is 226 g/mol. The Morgan fingerprint density at radius 1 is 1.00 bits per heavy atom. The summed E-state index contributed by atoms with van der Waals surface area (Å²) in [6.07, 6.45) is -0.421. The SMILES string of the molecule is CC(C)OP(=O)(O)O.O=P(O)(O)O. The second kappa shape index (κ2) is 5.85. The molecule has 0 atom stereocenters. The average Bonchev–Trinajstić information content (AvgIpc) is 1.47. The summed E-state index contributed by atoms with van der Waals surface area (Å²) in [5.41, 5.74) is 0. The normalized spacial score (nSPS) is 12.3. The minimum absolute atomic E-state index is 0.421. The smallest absolute Gasteiger partial charge is 0.303 e. The van der Waals surface area contributed by atoms with Gasteiger partial charge in [-0.2, -0.15) is 0 Å². The van der Waals surface area contributed by atoms with E-state index in [1.165, 1.54) is 0 Å². The van der Waals surface area contributed by atoms with Crippen molar-refractivity contribution in [3.05, 3.63) is 0 Å². The van der Waals surface area contributed by atoms with Crippen LogP contribution in [0.2, 0.25) is 0 Å². The summed E-state index contributed by atoms with van der Waals surface area (Å²) >= 11 is 0. The Bertz CT molecular complexity index is 203. The Morgan fingerprint density at radius 2 is 1.23 bits per heavy atom. The number of hydrogen-bond acceptors (Lipinski definition) is 3. The first-order valence-electron chi connectivity index (χ1n) is 2.94. The van der Waals surface area contributed by atoms with Crippen LogP contribution in [0.1, 0.15) is 13.8 Å². The number of phosphoric acid groups is 2. The minimum Gasteiger partial charge on any atom is -0.303 e. The maximum Gasteiger partial charge on any atom is 0.469 e. The van der Waals surface area contributed by atoms with Crippen LogP contribution in [-0.4, -0.2) is 30.6 Å². The fourth-order valence-electron chi connectivity index (χ4n) is 0.275. The Balaban J connectivity index is 0. The van der Waals surface area contributed by atoms with E-state index < -0.39 is 21.7 Å². The largest absolute Gasteiger partial charge is 0.469 e. The van der Waals surface area contributed by atoms with Gasteiger partial charge in [0.05, 0.1) is 6.10 Å². The molecule has 0 aliphatic carbocycles. The van der Waals surface area contributed by atoms with E-state index >= 15 is 0 Å². The Kier molecular flexibility index (Phi) is 7.05. The van der Waals surface area contributed by atoms with Gasteiger partial charge in [0.1, 0.15) is 0 Å². The van der Waals surface area contributed by atoms with Gasteiger partial charge in [-0.3, -0.25) is 4.52 Å². The third kappa shape index (κ3) is 46.8. The molecule has 0 spiro atoms. The van der Waals surface area contributed by atoms with Crippen molar-refractivity contribution in [1.29, 1.82) is 0 Å². The van der Waals surface area contributed by atoms with E-state index in [0.717, 1.165) is 0 Å². The molecule has 0 fully saturated rings. The molecule has 0 unspecified atom stereocenters. The van der Waals surface area contributed by atoms with Crippen molar-refractivity contribution in [2.75, 3.05) is 0 Å². The minimum atomic E-state index is -4.64. The molecule has 0 amide bonds. The van der Waals surface area contributed by atoms with E-state index in [4.69, 9.17) is 29.0 Å². The van der Waals surface area contributed by atoms with Crippen molar-refractivity contribution in [2.24, 2.45) is 0 Å². The number of rotatable bonds is 2. The summed E-state index contributed by atoms with van der Waals surface area (Å²) < 4.78 is 22.9. The quantitative estimate of drug-likeness (QED) is 0.407. The molecule has 0 saturated carbocycles. The summed E-state index contributed by atoms with van der Waals surface area (Å²) in [6.45, 7) is 3.11. The van der Waals surface area contributed by atoms with Crippen molar-refractivity contribution in [1.82, 2.24) is 0 Å². The van der Waals surface area contributed by atoms with Crippen LogP contribution in [0.5, 0.6) is 0 Å². The van der Waals surface area contributed by atoms with Crippen LogP contribution in [0.15, 0.2) is 0 Å². The Labute approximate surface area is 74.7 Å². The van der Waals surface area contributed by atoms with Gasteiger partial charge in [0.2, 0.25) is 0 Å². The number of phosphoric ester groups is 1. The van der Waals surface area contributed by atoms with Gasteiger partial charge in [-0.25, -0.2) is 9.13 Å². The second-order valence-corrected chi connectivity index (χ2v) is 4.38. The van der Waals surface area contributed by atoms with Crippen LogP contribution in [0, 0.1) is 0 Å². The predicted molar refractivity (Wildman–Crippen MR) is 42.5 cm³/mol. The highest BCUT2D eigenvalue weighted by Crippen LogP contribution is 2.37. The van der Waals surface area contributed by atoms with Gasteiger partial charge < -0.3 is 24.5 Å². The zero-order valence-corrected chi connectivity index (χ0v) is 8.72. The predicted octanol–water partition coefficient (Wildman–Crippen LogP) is -0.425. The summed E-state index contributed by atoms with van der Waals surface area (Å²) in [4.78, 5) is 37.7. The van der Waals surface area contributed by atoms with Crippen molar-refractivity contribution < 1.29 is 38.1 Å². The monoisotopic (exact) mass is 238 g/mol. The molecule has 10 heteroatoms. The molecular formula is C3H12O8P2. The maximum absolute atomic E-state index is 9.91. The molecule has 5 N–H and O–H groups in total. The Morgan fingerprint density at radius 3 is 1.23 bits per heavy atom. The summed E-state index contributed by atoms with van der Waals surface area (Å²) in [5, 5.41) is 0. The van der Waals surface area contributed by atoms with Gasteiger partial charge in [0.25, 0.3) is 0 Å². The lowest BCUT2D eigenvalue weighted by Gasteiger charge is -2.06. The molecule has 0 aliphatic heterocycles. The van der Waals surface area contributed by atoms with E-state index in [2.05, 4.69) is 4.52 Å². The van der Waals surface area contributed by atoms with Gasteiger partial charge in [-0.05, 0) is 13.8 Å². The zero-order valence-electron chi connectivity index (χ0n) is 6.93. The lowest BCUT2D eigenvalue weighted by atomic mass is 10.5. The second-order valence-electron chi connectivity index (χ2n) is 2.16. The third-order valence-electron chi connectivity index (χ3n) is 0.348. The fraction of sp³-hybridized carbons (Fsp3) is 1.00. The highest BCUT2D eigenvalue weighted by Gasteiger charge is 2.14. The van der Waals surface area contributed by atoms with Gasteiger partial charge in [0.15, 0.2) is 0 Å². The molecule has 0 saturated heterocycles. The van der Waals surface area contributed by atoms with Gasteiger partial charge in [0, 0.05) is 0 Å². The maximum atomic E-state index is 9.91. The number of hydrogen-bond donors (Lipinski definition) is 5. The molecule has 0 heterocycles. The van der Waals surface area contributed by atoms with Crippen molar-refractivity contribution in [3.8, 4) is 0 Å². The van der Waals surface area contributed by atoms with E-state index in [-0.39, 0.29) is 0 Å². The molecule has 0 rings (SSSR count). The van der Waals surface area contributed by atoms with E-state index in [9.17, 15) is 4.57 Å². The van der Waals surface area contributed by atoms with Crippen molar-refractivity contribution in [3.63, 3.8) is 0 Å². The fourth-order valence-corrected chi connectivity index (χ4v) is 0.824. The summed E-state index contributed by atoms with van der Waals surface area (Å²) in [5.74, 6) is 0. The van der Waals surface area contributed by atoms with Crippen LogP contribution in [0.25, 0.3) is 0 Å². The molecule has 13 heavy (non-hydrogen) atoms. The molecule has 0 aromatic rings. The zero-order chi connectivity index (χ0) is 11.3. The molecule has 0 aromatic heterocycles. The van der Waals surface area contributed by atoms with Gasteiger partial charge in [-0.15, -0.1) is 0 Å². The molecule has 0 aliphatic rings. The average molecular weight is 238 g/mol. The van der Waals surface area contributed by atoms with Crippen LogP contribution < -0.4 is 0 Å². The summed E-state index contributed by atoms with van der Waals surface area (Å²) in [7, 11) is -8.86. The molecule has 82 valence electrons. The lowest BCUT2D eigenvalue weighted by Crippen LogP contribution is -1.98. The first kappa shape index (κ1) is 15.7. The highest BCUT2D eigenvalue weighted by atomic mass is 31.2. The van der Waals surface area contributed by atoms with Gasteiger partial charge in [-0.1, -0.05) is 0 Å². The molecule has 0 aromatic carbocycles. The topological polar surface area (TPSA) is 145 Å². The highest BCUT2D eigenvalue weighted by molar-refractivity contribution is 7.46. The molecule has 0 radical (unpaired) electrons. The van der Waals surface area contributed by atoms with Crippen molar-refractivity contribution in [2.45, 2.75) is 20.0 Å². The standard InChI is InChI=1S/C3H9O4P.H3O4P/c1-3(2)7-8(4,5)6;1-5(2,3)4/h3H,1-2H3,(H2,4,5,6);(H3,1,2,3,4). The van der Waals surface area contributed by atoms with Crippen LogP contribution in [-0.2, 0) is 13.7 Å². The Hall–Kier alpha value is 0.220. The van der Waals surface area contributed by atoms with E-state index in [1.54, 1.807) is 13.8 Å². The van der Waals surface area contributed by atoms with E-state index in [1.807, 2.05) is 0 Å². The summed E-state index contributed by atoms with van der Waals surface area (Å²) in [6, 6.07) is 0. The first-order valence-corrected chi connectivity index (χ1v) is 6.03. The van der Waals surface area contributed by atoms with Crippen LogP contribution in [0.3, 0.4) is 0 Å². The third-order valence-corrected chi connectivity index (χ3v) is 1.04. The van der Waals surface area contributed by atoms with E-state index in [0.29, 0.717) is 0 Å². The first-order chi connectivity index (χ1) is 5.42. The lowest BCUT2D eigenvalue weighted by molar-refractivity contribution is 0.156. The van der Waals surface area contributed by atoms with Crippen LogP contribution in [0.4, 0.5) is 0 Å². The van der Waals surface area contributed by atoms with Gasteiger partial charge >= 0.3 is 15.6 Å².